The predicted octanol–water partition coefficient (Wildman–Crippen LogP) is 3.83. The van der Waals surface area contributed by atoms with Gasteiger partial charge in [0, 0.05) is 11.4 Å². The molecule has 28 heavy (non-hydrogen) atoms. The summed E-state index contributed by atoms with van der Waals surface area (Å²) in [4.78, 5) is 20.0. The van der Waals surface area contributed by atoms with E-state index in [1.165, 1.54) is 4.90 Å². The van der Waals surface area contributed by atoms with Crippen molar-refractivity contribution >= 4 is 40.3 Å². The van der Waals surface area contributed by atoms with Gasteiger partial charge in [0.1, 0.15) is 17.9 Å². The van der Waals surface area contributed by atoms with Gasteiger partial charge in [0.25, 0.3) is 5.91 Å². The zero-order chi connectivity index (χ0) is 20.5. The summed E-state index contributed by atoms with van der Waals surface area (Å²) < 4.78 is 5.40. The van der Waals surface area contributed by atoms with Crippen LogP contribution in [0.5, 0.6) is 5.75 Å². The van der Waals surface area contributed by atoms with Crippen molar-refractivity contribution in [3.8, 4) is 5.75 Å². The van der Waals surface area contributed by atoms with Crippen LogP contribution in [0.4, 0.5) is 17.1 Å². The van der Waals surface area contributed by atoms with Crippen molar-refractivity contribution in [1.82, 2.24) is 0 Å². The van der Waals surface area contributed by atoms with Crippen LogP contribution in [0.3, 0.4) is 0 Å². The lowest BCUT2D eigenvalue weighted by Crippen LogP contribution is -2.44. The van der Waals surface area contributed by atoms with Crippen LogP contribution in [-0.2, 0) is 4.79 Å². The number of amides is 1. The van der Waals surface area contributed by atoms with E-state index in [0.29, 0.717) is 22.2 Å². The minimum absolute atomic E-state index is 0.0554. The van der Waals surface area contributed by atoms with E-state index < -0.39 is 5.54 Å². The molecule has 1 heterocycles. The third-order valence-corrected chi connectivity index (χ3v) is 5.05. The van der Waals surface area contributed by atoms with Gasteiger partial charge in [0.2, 0.25) is 0 Å². The van der Waals surface area contributed by atoms with Crippen molar-refractivity contribution in [3.05, 3.63) is 59.4 Å². The van der Waals surface area contributed by atoms with E-state index >= 15 is 0 Å². The molecule has 0 saturated carbocycles. The van der Waals surface area contributed by atoms with Gasteiger partial charge in [-0.15, -0.1) is 0 Å². The van der Waals surface area contributed by atoms with E-state index in [1.54, 1.807) is 24.3 Å². The maximum Gasteiger partial charge on any atom is 0.259 e. The average molecular weight is 395 g/mol. The third kappa shape index (κ3) is 3.33. The fourth-order valence-corrected chi connectivity index (χ4v) is 3.74. The largest absolute Gasteiger partial charge is 0.491 e. The van der Waals surface area contributed by atoms with E-state index in [1.807, 2.05) is 43.9 Å². The fourth-order valence-electron chi connectivity index (χ4n) is 3.22. The molecule has 3 rings (SSSR count). The number of carbonyl (C=O) groups excluding carboxylic acids is 1. The first-order valence-corrected chi connectivity index (χ1v) is 9.22. The van der Waals surface area contributed by atoms with E-state index in [-0.39, 0.29) is 19.1 Å². The summed E-state index contributed by atoms with van der Waals surface area (Å²) in [5.41, 5.74) is 1.91. The van der Waals surface area contributed by atoms with Crippen LogP contribution < -0.4 is 14.5 Å². The highest BCUT2D eigenvalue weighted by Crippen LogP contribution is 2.37. The zero-order valence-corrected chi connectivity index (χ0v) is 16.8. The van der Waals surface area contributed by atoms with Crippen molar-refractivity contribution in [1.29, 1.82) is 0 Å². The average Bonchev–Trinajstić information content (AvgIpc) is 2.85. The van der Waals surface area contributed by atoms with E-state index in [0.717, 1.165) is 11.3 Å². The van der Waals surface area contributed by atoms with Crippen molar-refractivity contribution < 1.29 is 14.6 Å². The van der Waals surface area contributed by atoms with Gasteiger partial charge in [-0.3, -0.25) is 9.69 Å². The first-order chi connectivity index (χ1) is 13.3. The van der Waals surface area contributed by atoms with Gasteiger partial charge in [0.05, 0.1) is 13.2 Å². The molecule has 144 valence electrons. The number of benzene rings is 2. The lowest BCUT2D eigenvalue weighted by atomic mass is 10.0. The first kappa shape index (κ1) is 19.8. The molecule has 1 saturated heterocycles. The van der Waals surface area contributed by atoms with Crippen LogP contribution >= 0.6 is 12.2 Å². The molecule has 0 radical (unpaired) electrons. The molecule has 1 fully saturated rings. The Hall–Kier alpha value is -2.95. The third-order valence-electron chi connectivity index (χ3n) is 4.68. The van der Waals surface area contributed by atoms with E-state index in [2.05, 4.69) is 4.85 Å². The topological polar surface area (TPSA) is 57.4 Å². The number of anilines is 2. The van der Waals surface area contributed by atoms with Gasteiger partial charge in [-0.2, -0.15) is 0 Å². The molecule has 2 aromatic rings. The van der Waals surface area contributed by atoms with Gasteiger partial charge in [0.15, 0.2) is 10.8 Å². The normalized spacial score (nSPS) is 15.7. The number of aliphatic hydroxyl groups is 1. The molecule has 1 N–H and O–H groups in total. The molecule has 0 bridgehead atoms. The molecular weight excluding hydrogens is 374 g/mol. The van der Waals surface area contributed by atoms with Crippen molar-refractivity contribution in [2.45, 2.75) is 26.3 Å². The summed E-state index contributed by atoms with van der Waals surface area (Å²) in [5, 5.41) is 9.25. The maximum atomic E-state index is 13.2. The second kappa shape index (κ2) is 7.58. The summed E-state index contributed by atoms with van der Waals surface area (Å²) in [6.07, 6.45) is 0. The smallest absolute Gasteiger partial charge is 0.259 e. The Morgan fingerprint density at radius 3 is 2.39 bits per heavy atom. The molecule has 0 unspecified atom stereocenters. The second-order valence-corrected chi connectivity index (χ2v) is 7.33. The zero-order valence-electron chi connectivity index (χ0n) is 16.0. The maximum absolute atomic E-state index is 13.2. The predicted molar refractivity (Wildman–Crippen MR) is 113 cm³/mol. The molecule has 1 aliphatic heterocycles. The lowest BCUT2D eigenvalue weighted by Gasteiger charge is -2.29. The van der Waals surface area contributed by atoms with Crippen molar-refractivity contribution in [3.63, 3.8) is 0 Å². The van der Waals surface area contributed by atoms with Crippen LogP contribution in [-0.4, -0.2) is 34.9 Å². The Kier molecular flexibility index (Phi) is 5.36. The monoisotopic (exact) mass is 395 g/mol. The van der Waals surface area contributed by atoms with Gasteiger partial charge in [-0.25, -0.2) is 4.85 Å². The number of thiocarbonyl (C=S) groups is 1. The quantitative estimate of drug-likeness (QED) is 0.616. The lowest BCUT2D eigenvalue weighted by molar-refractivity contribution is -0.120. The highest BCUT2D eigenvalue weighted by Gasteiger charge is 2.50. The Bertz CT molecular complexity index is 964. The SMILES string of the molecule is [C-]#[N+]c1ccc(N2C(=O)C(C)(C)N(c3ccc(OCCO)cc3)C2=S)cc1C. The van der Waals surface area contributed by atoms with Crippen LogP contribution in [0.15, 0.2) is 42.5 Å². The Morgan fingerprint density at radius 1 is 1.18 bits per heavy atom. The van der Waals surface area contributed by atoms with Gasteiger partial charge in [-0.1, -0.05) is 6.07 Å². The summed E-state index contributed by atoms with van der Waals surface area (Å²) in [7, 11) is 0. The number of ether oxygens (including phenoxy) is 1. The highest BCUT2D eigenvalue weighted by molar-refractivity contribution is 7.81. The molecule has 6 nitrogen and oxygen atoms in total. The molecule has 1 aliphatic rings. The highest BCUT2D eigenvalue weighted by atomic mass is 32.1. The molecular formula is C21H21N3O3S. The molecule has 0 aromatic heterocycles. The Morgan fingerprint density at radius 2 is 1.82 bits per heavy atom. The molecule has 0 spiro atoms. The van der Waals surface area contributed by atoms with E-state index in [4.69, 9.17) is 28.6 Å². The number of nitrogens with zero attached hydrogens (tertiary/aromatic N) is 3. The first-order valence-electron chi connectivity index (χ1n) is 8.82. The van der Waals surface area contributed by atoms with Gasteiger partial charge < -0.3 is 14.7 Å². The fraction of sp³-hybridized carbons (Fsp3) is 0.286. The summed E-state index contributed by atoms with van der Waals surface area (Å²) in [6.45, 7) is 12.9. The number of rotatable bonds is 5. The number of carbonyl (C=O) groups is 1. The number of hydrogen-bond acceptors (Lipinski definition) is 4. The van der Waals surface area contributed by atoms with Gasteiger partial charge >= 0.3 is 0 Å². The van der Waals surface area contributed by atoms with Crippen LogP contribution in [0.1, 0.15) is 19.4 Å². The molecule has 2 aromatic carbocycles. The summed E-state index contributed by atoms with van der Waals surface area (Å²) >= 11 is 5.67. The molecule has 0 atom stereocenters. The Balaban J connectivity index is 1.96. The molecule has 1 amide bonds. The summed E-state index contributed by atoms with van der Waals surface area (Å²) in [5.74, 6) is 0.502. The van der Waals surface area contributed by atoms with E-state index in [9.17, 15) is 4.79 Å². The Labute approximate surface area is 169 Å². The molecule has 7 heteroatoms. The molecule has 0 aliphatic carbocycles. The van der Waals surface area contributed by atoms with Crippen molar-refractivity contribution in [2.24, 2.45) is 0 Å². The van der Waals surface area contributed by atoms with Crippen LogP contribution in [0, 0.1) is 13.5 Å². The van der Waals surface area contributed by atoms with Crippen molar-refractivity contribution in [2.75, 3.05) is 23.0 Å². The second-order valence-electron chi connectivity index (χ2n) is 6.97. The number of aryl methyl sites for hydroxylation is 1. The summed E-state index contributed by atoms with van der Waals surface area (Å²) in [6, 6.07) is 12.5. The minimum atomic E-state index is -0.864. The number of aliphatic hydroxyl groups excluding tert-OH is 1. The number of hydrogen-bond donors (Lipinski definition) is 1. The van der Waals surface area contributed by atoms with Gasteiger partial charge in [-0.05, 0) is 75.0 Å². The van der Waals surface area contributed by atoms with Crippen LogP contribution in [0.25, 0.3) is 4.85 Å². The standard InChI is InChI=1S/C21H21N3O3S/c1-14-13-16(7-10-18(14)22-4)23-19(26)21(2,3)24(20(23)28)15-5-8-17(9-6-15)27-12-11-25/h5-10,13,25H,11-12H2,1-3H3. The minimum Gasteiger partial charge on any atom is -0.491 e. The van der Waals surface area contributed by atoms with Crippen LogP contribution in [0.2, 0.25) is 0 Å².